The Hall–Kier alpha value is -1.03. The molecule has 0 aliphatic carbocycles. The fraction of sp³-hybridized carbons (Fsp3) is 0.667. The minimum Gasteiger partial charge on any atom is -0.355 e. The first-order valence-corrected chi connectivity index (χ1v) is 4.89. The van der Waals surface area contributed by atoms with Crippen molar-refractivity contribution in [3.05, 3.63) is 11.8 Å². The second-order valence-electron chi connectivity index (χ2n) is 3.48. The zero-order valence-corrected chi connectivity index (χ0v) is 7.79. The summed E-state index contributed by atoms with van der Waals surface area (Å²) >= 11 is 0. The van der Waals surface area contributed by atoms with E-state index in [9.17, 15) is 0 Å². The Kier molecular flexibility index (Phi) is 2.49. The molecule has 3 N–H and O–H groups in total. The summed E-state index contributed by atoms with van der Waals surface area (Å²) in [6, 6.07) is 2.11. The normalized spacial score (nSPS) is 16.8. The molecule has 0 amide bonds. The quantitative estimate of drug-likeness (QED) is 0.712. The molecule has 1 fully saturated rings. The van der Waals surface area contributed by atoms with Crippen LogP contribution in [0.15, 0.2) is 6.07 Å². The first kappa shape index (κ1) is 8.56. The largest absolute Gasteiger partial charge is 0.355 e. The van der Waals surface area contributed by atoms with Crippen LogP contribution in [0.3, 0.4) is 0 Å². The molecule has 1 aromatic heterocycles. The number of aromatic nitrogens is 2. The van der Waals surface area contributed by atoms with E-state index < -0.39 is 0 Å². The van der Waals surface area contributed by atoms with Crippen molar-refractivity contribution in [1.29, 1.82) is 0 Å². The van der Waals surface area contributed by atoms with Gasteiger partial charge in [0.05, 0.1) is 0 Å². The van der Waals surface area contributed by atoms with Gasteiger partial charge < -0.3 is 10.6 Å². The molecule has 4 heteroatoms. The molecule has 0 spiro atoms. The number of hydrogen-bond acceptors (Lipinski definition) is 3. The van der Waals surface area contributed by atoms with E-state index in [1.54, 1.807) is 0 Å². The second-order valence-corrected chi connectivity index (χ2v) is 3.48. The Morgan fingerprint density at radius 2 is 2.23 bits per heavy atom. The molecule has 2 rings (SSSR count). The van der Waals surface area contributed by atoms with Crippen molar-refractivity contribution in [3.8, 4) is 0 Å². The fourth-order valence-electron chi connectivity index (χ4n) is 1.74. The first-order chi connectivity index (χ1) is 6.40. The molecular formula is C9H16N4. The molecule has 1 aliphatic rings. The van der Waals surface area contributed by atoms with Gasteiger partial charge in [0.1, 0.15) is 0 Å². The average Bonchev–Trinajstić information content (AvgIpc) is 2.70. The molecule has 13 heavy (non-hydrogen) atoms. The highest BCUT2D eigenvalue weighted by Crippen LogP contribution is 2.17. The number of rotatable bonds is 3. The molecule has 0 aromatic carbocycles. The first-order valence-electron chi connectivity index (χ1n) is 4.89. The van der Waals surface area contributed by atoms with E-state index in [0.717, 1.165) is 31.0 Å². The van der Waals surface area contributed by atoms with Crippen LogP contribution in [0.5, 0.6) is 0 Å². The molecule has 0 atom stereocenters. The molecule has 1 saturated heterocycles. The number of nitrogens with zero attached hydrogens (tertiary/aromatic N) is 2. The molecule has 0 unspecified atom stereocenters. The summed E-state index contributed by atoms with van der Waals surface area (Å²) < 4.78 is 0. The van der Waals surface area contributed by atoms with E-state index in [4.69, 9.17) is 5.73 Å². The van der Waals surface area contributed by atoms with E-state index in [-0.39, 0.29) is 0 Å². The van der Waals surface area contributed by atoms with Gasteiger partial charge in [0.25, 0.3) is 0 Å². The van der Waals surface area contributed by atoms with Crippen molar-refractivity contribution < 1.29 is 0 Å². The maximum absolute atomic E-state index is 5.46. The van der Waals surface area contributed by atoms with Crippen LogP contribution in [0.25, 0.3) is 0 Å². The lowest BCUT2D eigenvalue weighted by Crippen LogP contribution is -2.17. The van der Waals surface area contributed by atoms with E-state index in [0.29, 0.717) is 6.54 Å². The summed E-state index contributed by atoms with van der Waals surface area (Å²) in [5, 5.41) is 7.27. The predicted octanol–water partition coefficient (Wildman–Crippen LogP) is 0.511. The Labute approximate surface area is 78.1 Å². The molecule has 0 radical (unpaired) electrons. The van der Waals surface area contributed by atoms with Gasteiger partial charge >= 0.3 is 0 Å². The van der Waals surface area contributed by atoms with Crippen LogP contribution in [0, 0.1) is 0 Å². The molecular weight excluding hydrogens is 164 g/mol. The van der Waals surface area contributed by atoms with Crippen LogP contribution in [-0.4, -0.2) is 29.8 Å². The van der Waals surface area contributed by atoms with E-state index >= 15 is 0 Å². The Morgan fingerprint density at radius 1 is 1.46 bits per heavy atom. The minimum atomic E-state index is 0.682. The Balaban J connectivity index is 2.03. The highest BCUT2D eigenvalue weighted by atomic mass is 15.3. The molecule has 0 bridgehead atoms. The molecule has 72 valence electrons. The van der Waals surface area contributed by atoms with Gasteiger partial charge in [-0.1, -0.05) is 0 Å². The van der Waals surface area contributed by atoms with Gasteiger partial charge in [0.2, 0.25) is 0 Å². The number of nitrogens with one attached hydrogen (secondary N) is 1. The average molecular weight is 180 g/mol. The Morgan fingerprint density at radius 3 is 2.92 bits per heavy atom. The minimum absolute atomic E-state index is 0.682. The van der Waals surface area contributed by atoms with Crippen molar-refractivity contribution in [2.45, 2.75) is 19.3 Å². The van der Waals surface area contributed by atoms with Crippen LogP contribution in [-0.2, 0) is 6.42 Å². The lowest BCUT2D eigenvalue weighted by molar-refractivity contribution is 0.887. The van der Waals surface area contributed by atoms with E-state index in [2.05, 4.69) is 21.2 Å². The van der Waals surface area contributed by atoms with Crippen molar-refractivity contribution >= 4 is 5.82 Å². The van der Waals surface area contributed by atoms with Gasteiger partial charge in [0, 0.05) is 31.3 Å². The summed E-state index contributed by atoms with van der Waals surface area (Å²) in [6.07, 6.45) is 3.47. The summed E-state index contributed by atoms with van der Waals surface area (Å²) in [4.78, 5) is 2.32. The Bertz CT molecular complexity index is 262. The third kappa shape index (κ3) is 1.83. The number of aromatic amines is 1. The molecule has 0 saturated carbocycles. The van der Waals surface area contributed by atoms with Crippen LogP contribution in [0.4, 0.5) is 5.82 Å². The predicted molar refractivity (Wildman–Crippen MR) is 52.8 cm³/mol. The molecule has 1 aliphatic heterocycles. The van der Waals surface area contributed by atoms with Crippen LogP contribution in [0.1, 0.15) is 18.5 Å². The highest BCUT2D eigenvalue weighted by Gasteiger charge is 2.14. The van der Waals surface area contributed by atoms with Crippen molar-refractivity contribution in [2.24, 2.45) is 5.73 Å². The summed E-state index contributed by atoms with van der Waals surface area (Å²) in [7, 11) is 0. The van der Waals surface area contributed by atoms with Gasteiger partial charge in [-0.2, -0.15) is 5.10 Å². The number of hydrogen-bond donors (Lipinski definition) is 2. The lowest BCUT2D eigenvalue weighted by Gasteiger charge is -2.12. The third-order valence-electron chi connectivity index (χ3n) is 2.46. The van der Waals surface area contributed by atoms with E-state index in [1.807, 2.05) is 0 Å². The summed E-state index contributed by atoms with van der Waals surface area (Å²) in [5.41, 5.74) is 6.60. The van der Waals surface area contributed by atoms with Gasteiger partial charge in [-0.15, -0.1) is 0 Å². The highest BCUT2D eigenvalue weighted by molar-refractivity contribution is 5.40. The second kappa shape index (κ2) is 3.79. The standard InChI is InChI=1S/C9H16N4/c10-4-3-8-7-9(12-11-8)13-5-1-2-6-13/h7H,1-6,10H2,(H,11,12). The maximum atomic E-state index is 5.46. The van der Waals surface area contributed by atoms with Gasteiger partial charge in [0.15, 0.2) is 5.82 Å². The zero-order valence-electron chi connectivity index (χ0n) is 7.79. The van der Waals surface area contributed by atoms with Crippen LogP contribution in [0.2, 0.25) is 0 Å². The number of anilines is 1. The molecule has 2 heterocycles. The summed E-state index contributed by atoms with van der Waals surface area (Å²) in [6.45, 7) is 2.97. The summed E-state index contributed by atoms with van der Waals surface area (Å²) in [5.74, 6) is 1.08. The monoisotopic (exact) mass is 180 g/mol. The maximum Gasteiger partial charge on any atom is 0.150 e. The van der Waals surface area contributed by atoms with Crippen molar-refractivity contribution in [3.63, 3.8) is 0 Å². The van der Waals surface area contributed by atoms with Gasteiger partial charge in [-0.05, 0) is 19.4 Å². The zero-order chi connectivity index (χ0) is 9.10. The fourth-order valence-corrected chi connectivity index (χ4v) is 1.74. The number of H-pyrrole nitrogens is 1. The smallest absolute Gasteiger partial charge is 0.150 e. The SMILES string of the molecule is NCCc1cc(N2CCCC2)n[nH]1. The van der Waals surface area contributed by atoms with Gasteiger partial charge in [-0.3, -0.25) is 5.10 Å². The van der Waals surface area contributed by atoms with Gasteiger partial charge in [-0.25, -0.2) is 0 Å². The van der Waals surface area contributed by atoms with Crippen molar-refractivity contribution in [1.82, 2.24) is 10.2 Å². The topological polar surface area (TPSA) is 57.9 Å². The number of nitrogens with two attached hydrogens (primary N) is 1. The molecule has 1 aromatic rings. The van der Waals surface area contributed by atoms with Crippen LogP contribution < -0.4 is 10.6 Å². The lowest BCUT2D eigenvalue weighted by atomic mass is 10.3. The third-order valence-corrected chi connectivity index (χ3v) is 2.46. The van der Waals surface area contributed by atoms with E-state index in [1.165, 1.54) is 12.8 Å². The van der Waals surface area contributed by atoms with Crippen LogP contribution >= 0.6 is 0 Å². The molecule has 4 nitrogen and oxygen atoms in total. The van der Waals surface area contributed by atoms with Crippen molar-refractivity contribution in [2.75, 3.05) is 24.5 Å².